The molecule has 0 atom stereocenters. The van der Waals surface area contributed by atoms with Crippen molar-refractivity contribution in [3.05, 3.63) is 29.0 Å². The highest BCUT2D eigenvalue weighted by Crippen LogP contribution is 2.08. The Morgan fingerprint density at radius 3 is 2.94 bits per heavy atom. The Kier molecular flexibility index (Phi) is 7.02. The maximum absolute atomic E-state index is 8.78. The summed E-state index contributed by atoms with van der Waals surface area (Å²) in [5, 5.41) is 9.28. The lowest BCUT2D eigenvalue weighted by atomic mass is 10.2. The Morgan fingerprint density at radius 2 is 2.35 bits per heavy atom. The smallest absolute Gasteiger partial charge is 0.129 e. The Bertz CT molecular complexity index is 361. The second-order valence-corrected chi connectivity index (χ2v) is 5.08. The van der Waals surface area contributed by atoms with Crippen molar-refractivity contribution in [3.63, 3.8) is 0 Å². The summed E-state index contributed by atoms with van der Waals surface area (Å²) in [7, 11) is 0. The van der Waals surface area contributed by atoms with Crippen LogP contribution in [0.4, 0.5) is 0 Å². The van der Waals surface area contributed by atoms with Crippen LogP contribution in [0, 0.1) is 11.3 Å². The van der Waals surface area contributed by atoms with Crippen molar-refractivity contribution in [2.45, 2.75) is 13.0 Å². The summed E-state index contributed by atoms with van der Waals surface area (Å²) >= 11 is 7.56. The van der Waals surface area contributed by atoms with Gasteiger partial charge in [0.15, 0.2) is 0 Å². The van der Waals surface area contributed by atoms with Crippen molar-refractivity contribution >= 4 is 23.4 Å². The number of thioether (sulfide) groups is 1. The van der Waals surface area contributed by atoms with Gasteiger partial charge < -0.3 is 0 Å². The predicted octanol–water partition coefficient (Wildman–Crippen LogP) is 2.81. The van der Waals surface area contributed by atoms with Crippen LogP contribution in [0.15, 0.2) is 18.3 Å². The van der Waals surface area contributed by atoms with Crippen molar-refractivity contribution in [2.75, 3.05) is 25.1 Å². The first kappa shape index (κ1) is 14.3. The first-order chi connectivity index (χ1) is 8.26. The minimum Gasteiger partial charge on any atom is -0.286 e. The zero-order valence-corrected chi connectivity index (χ0v) is 11.5. The summed E-state index contributed by atoms with van der Waals surface area (Å²) in [5.41, 5.74) is 1.09. The first-order valence-corrected chi connectivity index (χ1v) is 7.22. The third-order valence-electron chi connectivity index (χ3n) is 2.31. The lowest BCUT2D eigenvalue weighted by molar-refractivity contribution is 0.299. The van der Waals surface area contributed by atoms with Gasteiger partial charge in [-0.3, -0.25) is 4.90 Å². The molecular weight excluding hydrogens is 254 g/mol. The van der Waals surface area contributed by atoms with Crippen molar-refractivity contribution in [1.29, 1.82) is 5.26 Å². The van der Waals surface area contributed by atoms with Crippen molar-refractivity contribution in [3.8, 4) is 6.07 Å². The van der Waals surface area contributed by atoms with Gasteiger partial charge in [-0.15, -0.1) is 0 Å². The van der Waals surface area contributed by atoms with Crippen LogP contribution < -0.4 is 0 Å². The van der Waals surface area contributed by atoms with Crippen LogP contribution in [0.5, 0.6) is 0 Å². The number of pyridine rings is 1. The topological polar surface area (TPSA) is 39.9 Å². The van der Waals surface area contributed by atoms with E-state index in [0.29, 0.717) is 11.7 Å². The molecule has 1 aromatic heterocycles. The molecule has 1 rings (SSSR count). The standard InChI is InChI=1S/C12H16ClN3S/c1-17-8-2-6-16(7-5-14)10-11-3-4-12(13)15-9-11/h3-4,9H,2,6-8,10H2,1H3. The number of nitrogens with zero attached hydrogens (tertiary/aromatic N) is 3. The molecule has 0 aromatic carbocycles. The molecule has 0 saturated heterocycles. The second-order valence-electron chi connectivity index (χ2n) is 3.70. The molecule has 0 amide bonds. The molecular formula is C12H16ClN3S. The second kappa shape index (κ2) is 8.35. The largest absolute Gasteiger partial charge is 0.286 e. The normalized spacial score (nSPS) is 10.5. The molecule has 1 aromatic rings. The number of aromatic nitrogens is 1. The lowest BCUT2D eigenvalue weighted by Gasteiger charge is -2.18. The SMILES string of the molecule is CSCCCN(CC#N)Cc1ccc(Cl)nc1. The van der Waals surface area contributed by atoms with Crippen LogP contribution >= 0.6 is 23.4 Å². The maximum atomic E-state index is 8.78. The third-order valence-corrected chi connectivity index (χ3v) is 3.23. The fourth-order valence-electron chi connectivity index (χ4n) is 1.50. The molecule has 0 aliphatic carbocycles. The highest BCUT2D eigenvalue weighted by Gasteiger charge is 2.05. The molecule has 0 spiro atoms. The van der Waals surface area contributed by atoms with Gasteiger partial charge in [0.25, 0.3) is 0 Å². The fourth-order valence-corrected chi connectivity index (χ4v) is 2.03. The molecule has 3 nitrogen and oxygen atoms in total. The molecule has 1 heterocycles. The number of hydrogen-bond acceptors (Lipinski definition) is 4. The monoisotopic (exact) mass is 269 g/mol. The predicted molar refractivity (Wildman–Crippen MR) is 73.1 cm³/mol. The lowest BCUT2D eigenvalue weighted by Crippen LogP contribution is -2.25. The molecule has 0 saturated carbocycles. The van der Waals surface area contributed by atoms with Gasteiger partial charge in [0.1, 0.15) is 5.15 Å². The van der Waals surface area contributed by atoms with Gasteiger partial charge >= 0.3 is 0 Å². The Morgan fingerprint density at radius 1 is 1.53 bits per heavy atom. The summed E-state index contributed by atoms with van der Waals surface area (Å²) in [6.45, 7) is 2.15. The van der Waals surface area contributed by atoms with E-state index in [2.05, 4.69) is 22.2 Å². The summed E-state index contributed by atoms with van der Waals surface area (Å²) in [4.78, 5) is 6.17. The van der Waals surface area contributed by atoms with Gasteiger partial charge in [-0.05, 0) is 30.1 Å². The minimum atomic E-state index is 0.455. The summed E-state index contributed by atoms with van der Waals surface area (Å²) in [5.74, 6) is 1.13. The molecule has 5 heteroatoms. The molecule has 0 fully saturated rings. The Labute approximate surface area is 112 Å². The van der Waals surface area contributed by atoms with Gasteiger partial charge in [0, 0.05) is 19.3 Å². The molecule has 0 unspecified atom stereocenters. The molecule has 0 bridgehead atoms. The highest BCUT2D eigenvalue weighted by atomic mass is 35.5. The van der Waals surface area contributed by atoms with E-state index >= 15 is 0 Å². The molecule has 0 N–H and O–H groups in total. The van der Waals surface area contributed by atoms with E-state index in [-0.39, 0.29) is 0 Å². The van der Waals surface area contributed by atoms with E-state index in [1.807, 2.05) is 17.8 Å². The zero-order valence-electron chi connectivity index (χ0n) is 9.90. The average molecular weight is 270 g/mol. The van der Waals surface area contributed by atoms with Gasteiger partial charge in [0.2, 0.25) is 0 Å². The molecule has 0 aliphatic heterocycles. The fraction of sp³-hybridized carbons (Fsp3) is 0.500. The van der Waals surface area contributed by atoms with E-state index in [9.17, 15) is 0 Å². The van der Waals surface area contributed by atoms with Crippen LogP contribution in [0.1, 0.15) is 12.0 Å². The van der Waals surface area contributed by atoms with Crippen LogP contribution in [-0.4, -0.2) is 35.0 Å². The van der Waals surface area contributed by atoms with Gasteiger partial charge in [-0.2, -0.15) is 17.0 Å². The molecule has 0 aliphatic rings. The van der Waals surface area contributed by atoms with E-state index < -0.39 is 0 Å². The number of hydrogen-bond donors (Lipinski definition) is 0. The molecule has 17 heavy (non-hydrogen) atoms. The third kappa shape index (κ3) is 5.92. The maximum Gasteiger partial charge on any atom is 0.129 e. The van der Waals surface area contributed by atoms with Crippen molar-refractivity contribution in [2.24, 2.45) is 0 Å². The minimum absolute atomic E-state index is 0.455. The molecule has 92 valence electrons. The van der Waals surface area contributed by atoms with Crippen LogP contribution in [0.3, 0.4) is 0 Å². The van der Waals surface area contributed by atoms with Gasteiger partial charge in [-0.25, -0.2) is 4.98 Å². The molecule has 0 radical (unpaired) electrons. The van der Waals surface area contributed by atoms with Gasteiger partial charge in [-0.1, -0.05) is 17.7 Å². The average Bonchev–Trinajstić information content (AvgIpc) is 2.32. The van der Waals surface area contributed by atoms with Crippen molar-refractivity contribution in [1.82, 2.24) is 9.88 Å². The number of rotatable bonds is 7. The van der Waals surface area contributed by atoms with Crippen LogP contribution in [-0.2, 0) is 6.54 Å². The van der Waals surface area contributed by atoms with E-state index in [0.717, 1.165) is 30.8 Å². The van der Waals surface area contributed by atoms with Crippen molar-refractivity contribution < 1.29 is 0 Å². The van der Waals surface area contributed by atoms with Crippen LogP contribution in [0.2, 0.25) is 5.15 Å². The first-order valence-electron chi connectivity index (χ1n) is 5.45. The summed E-state index contributed by atoms with van der Waals surface area (Å²) in [6, 6.07) is 5.93. The summed E-state index contributed by atoms with van der Waals surface area (Å²) < 4.78 is 0. The van der Waals surface area contributed by atoms with E-state index in [4.69, 9.17) is 16.9 Å². The van der Waals surface area contributed by atoms with Gasteiger partial charge in [0.05, 0.1) is 12.6 Å². The van der Waals surface area contributed by atoms with E-state index in [1.54, 1.807) is 12.3 Å². The number of nitriles is 1. The number of halogens is 1. The van der Waals surface area contributed by atoms with E-state index in [1.165, 1.54) is 0 Å². The highest BCUT2D eigenvalue weighted by molar-refractivity contribution is 7.98. The zero-order chi connectivity index (χ0) is 12.5. The van der Waals surface area contributed by atoms with Crippen LogP contribution in [0.25, 0.3) is 0 Å². The Hall–Kier alpha value is -0.760. The Balaban J connectivity index is 2.48. The quantitative estimate of drug-likeness (QED) is 0.434. The summed E-state index contributed by atoms with van der Waals surface area (Å²) in [6.07, 6.45) is 4.96.